The third kappa shape index (κ3) is 3.83. The van der Waals surface area contributed by atoms with Gasteiger partial charge < -0.3 is 4.57 Å². The molecule has 6 heterocycles. The van der Waals surface area contributed by atoms with Crippen LogP contribution in [0.4, 0.5) is 13.2 Å². The Bertz CT molecular complexity index is 1480. The fourth-order valence-corrected chi connectivity index (χ4v) is 5.43. The van der Waals surface area contributed by atoms with E-state index >= 15 is 0 Å². The van der Waals surface area contributed by atoms with Crippen LogP contribution in [0.3, 0.4) is 0 Å². The van der Waals surface area contributed by atoms with Crippen LogP contribution < -0.4 is 5.56 Å². The molecule has 2 aliphatic rings. The summed E-state index contributed by atoms with van der Waals surface area (Å²) in [6, 6.07) is 9.67. The molecule has 1 saturated heterocycles. The minimum absolute atomic E-state index is 0. The van der Waals surface area contributed by atoms with Crippen LogP contribution in [0.2, 0.25) is 0 Å². The standard InChI is InChI=1S/C25H22F3N5O.ClH/c1-31-18-9-11-32-10-2-3-19(32)23(18)17-5-7-21(30-24(17)31)33-12-8-15(13-22(33)34)16-4-6-20(29-14-16)25(26,27)28;/h4-8,12-14,19H,2-3,9-11H2,1H3;1H. The second kappa shape index (κ2) is 8.49. The Balaban J connectivity index is 0.00000253. The van der Waals surface area contributed by atoms with Crippen LogP contribution in [0.1, 0.15) is 35.8 Å². The Morgan fingerprint density at radius 3 is 2.60 bits per heavy atom. The van der Waals surface area contributed by atoms with E-state index in [4.69, 9.17) is 4.98 Å². The number of fused-ring (bicyclic) bond motifs is 5. The van der Waals surface area contributed by atoms with E-state index in [1.54, 1.807) is 12.3 Å². The number of pyridine rings is 3. The van der Waals surface area contributed by atoms with E-state index < -0.39 is 11.9 Å². The number of rotatable bonds is 2. The topological polar surface area (TPSA) is 56.0 Å². The van der Waals surface area contributed by atoms with Crippen molar-refractivity contribution in [2.75, 3.05) is 13.1 Å². The molecule has 1 atom stereocenters. The summed E-state index contributed by atoms with van der Waals surface area (Å²) < 4.78 is 41.9. The van der Waals surface area contributed by atoms with Crippen LogP contribution in [0.15, 0.2) is 53.6 Å². The zero-order valence-corrected chi connectivity index (χ0v) is 19.7. The number of alkyl halides is 3. The summed E-state index contributed by atoms with van der Waals surface area (Å²) in [5, 5.41) is 1.14. The zero-order chi connectivity index (χ0) is 23.6. The molecule has 4 aromatic rings. The maximum absolute atomic E-state index is 12.9. The minimum atomic E-state index is -4.50. The van der Waals surface area contributed by atoms with E-state index in [0.717, 1.165) is 49.2 Å². The van der Waals surface area contributed by atoms with Gasteiger partial charge in [-0.25, -0.2) is 4.98 Å². The highest BCUT2D eigenvalue weighted by molar-refractivity contribution is 5.85. The van der Waals surface area contributed by atoms with E-state index in [2.05, 4.69) is 20.5 Å². The predicted molar refractivity (Wildman–Crippen MR) is 129 cm³/mol. The van der Waals surface area contributed by atoms with Crippen molar-refractivity contribution in [2.24, 2.45) is 7.05 Å². The molecule has 6 rings (SSSR count). The molecule has 0 aliphatic carbocycles. The lowest BCUT2D eigenvalue weighted by Gasteiger charge is -2.30. The van der Waals surface area contributed by atoms with Gasteiger partial charge >= 0.3 is 6.18 Å². The molecule has 182 valence electrons. The molecule has 6 nitrogen and oxygen atoms in total. The number of aromatic nitrogens is 4. The number of halogens is 4. The molecule has 0 spiro atoms. The van der Waals surface area contributed by atoms with Crippen molar-refractivity contribution < 1.29 is 13.2 Å². The molecule has 1 fully saturated rings. The Morgan fingerprint density at radius 1 is 1.06 bits per heavy atom. The van der Waals surface area contributed by atoms with Crippen LogP contribution in [0.25, 0.3) is 28.0 Å². The van der Waals surface area contributed by atoms with E-state index in [1.807, 2.05) is 13.1 Å². The van der Waals surface area contributed by atoms with E-state index in [1.165, 1.54) is 34.4 Å². The van der Waals surface area contributed by atoms with Gasteiger partial charge in [0.15, 0.2) is 0 Å². The third-order valence-electron chi connectivity index (χ3n) is 7.07. The van der Waals surface area contributed by atoms with Crippen molar-refractivity contribution in [3.8, 4) is 16.9 Å². The summed E-state index contributed by atoms with van der Waals surface area (Å²) in [6.45, 7) is 2.20. The molecule has 4 aromatic heterocycles. The summed E-state index contributed by atoms with van der Waals surface area (Å²) in [6.07, 6.45) is 1.59. The zero-order valence-electron chi connectivity index (χ0n) is 18.9. The second-order valence-electron chi connectivity index (χ2n) is 8.96. The van der Waals surface area contributed by atoms with Gasteiger partial charge in [-0.1, -0.05) is 6.07 Å². The Hall–Kier alpha value is -3.17. The quantitative estimate of drug-likeness (QED) is 0.391. The largest absolute Gasteiger partial charge is 0.433 e. The van der Waals surface area contributed by atoms with Gasteiger partial charge in [-0.15, -0.1) is 12.4 Å². The van der Waals surface area contributed by atoms with Crippen LogP contribution >= 0.6 is 12.4 Å². The molecular formula is C25H23ClF3N5O. The van der Waals surface area contributed by atoms with Crippen molar-refractivity contribution in [3.05, 3.63) is 76.1 Å². The first-order valence-electron chi connectivity index (χ1n) is 11.3. The summed E-state index contributed by atoms with van der Waals surface area (Å²) in [4.78, 5) is 23.8. The second-order valence-corrected chi connectivity index (χ2v) is 8.96. The highest BCUT2D eigenvalue weighted by atomic mass is 35.5. The summed E-state index contributed by atoms with van der Waals surface area (Å²) in [5.74, 6) is 0.510. The smallest absolute Gasteiger partial charge is 0.332 e. The lowest BCUT2D eigenvalue weighted by Crippen LogP contribution is -2.31. The van der Waals surface area contributed by atoms with Crippen LogP contribution in [-0.4, -0.2) is 37.1 Å². The summed E-state index contributed by atoms with van der Waals surface area (Å²) >= 11 is 0. The number of nitrogens with zero attached hydrogens (tertiary/aromatic N) is 5. The molecule has 0 bridgehead atoms. The van der Waals surface area contributed by atoms with Gasteiger partial charge in [0.2, 0.25) is 0 Å². The molecular weight excluding hydrogens is 479 g/mol. The van der Waals surface area contributed by atoms with Gasteiger partial charge in [0.05, 0.1) is 0 Å². The van der Waals surface area contributed by atoms with Crippen molar-refractivity contribution in [1.29, 1.82) is 0 Å². The van der Waals surface area contributed by atoms with Crippen LogP contribution in [-0.2, 0) is 19.6 Å². The van der Waals surface area contributed by atoms with Crippen molar-refractivity contribution >= 4 is 23.4 Å². The van der Waals surface area contributed by atoms with Gasteiger partial charge in [0, 0.05) is 61.2 Å². The maximum Gasteiger partial charge on any atom is 0.433 e. The fraction of sp³-hybridized carbons (Fsp3) is 0.320. The monoisotopic (exact) mass is 501 g/mol. The maximum atomic E-state index is 12.9. The predicted octanol–water partition coefficient (Wildman–Crippen LogP) is 4.92. The van der Waals surface area contributed by atoms with Crippen molar-refractivity contribution in [3.63, 3.8) is 0 Å². The lowest BCUT2D eigenvalue weighted by molar-refractivity contribution is -0.141. The van der Waals surface area contributed by atoms with Gasteiger partial charge in [-0.05, 0) is 54.8 Å². The highest BCUT2D eigenvalue weighted by Gasteiger charge is 2.35. The third-order valence-corrected chi connectivity index (χ3v) is 7.07. The molecule has 0 radical (unpaired) electrons. The lowest BCUT2D eigenvalue weighted by atomic mass is 9.96. The van der Waals surface area contributed by atoms with Gasteiger partial charge in [0.1, 0.15) is 17.2 Å². The Morgan fingerprint density at radius 2 is 1.89 bits per heavy atom. The SMILES string of the molecule is Cl.Cn1c2c(c3ccc(-n4ccc(-c5ccc(C(F)(F)F)nc5)cc4=O)nc31)C1CCCN1CC2. The summed E-state index contributed by atoms with van der Waals surface area (Å²) in [5.41, 5.74) is 3.21. The van der Waals surface area contributed by atoms with E-state index in [-0.39, 0.29) is 18.0 Å². The average molecular weight is 502 g/mol. The minimum Gasteiger partial charge on any atom is -0.332 e. The molecule has 0 saturated carbocycles. The first-order valence-corrected chi connectivity index (χ1v) is 11.3. The highest BCUT2D eigenvalue weighted by Crippen LogP contribution is 2.42. The molecule has 35 heavy (non-hydrogen) atoms. The Kier molecular flexibility index (Phi) is 5.72. The molecule has 0 aromatic carbocycles. The number of hydrogen-bond donors (Lipinski definition) is 0. The first kappa shape index (κ1) is 23.6. The normalized spacial score (nSPS) is 17.8. The molecule has 0 amide bonds. The summed E-state index contributed by atoms with van der Waals surface area (Å²) in [7, 11) is 2.03. The van der Waals surface area contributed by atoms with Gasteiger partial charge in [-0.3, -0.25) is 19.2 Å². The number of hydrogen-bond acceptors (Lipinski definition) is 4. The fourth-order valence-electron chi connectivity index (χ4n) is 5.43. The van der Waals surface area contributed by atoms with Crippen molar-refractivity contribution in [1.82, 2.24) is 24.0 Å². The molecule has 2 aliphatic heterocycles. The first-order chi connectivity index (χ1) is 16.3. The van der Waals surface area contributed by atoms with Crippen molar-refractivity contribution in [2.45, 2.75) is 31.5 Å². The van der Waals surface area contributed by atoms with Gasteiger partial charge in [0.25, 0.3) is 5.56 Å². The van der Waals surface area contributed by atoms with Crippen LogP contribution in [0.5, 0.6) is 0 Å². The number of aryl methyl sites for hydroxylation is 1. The molecule has 10 heteroatoms. The Labute approximate surface area is 205 Å². The van der Waals surface area contributed by atoms with Crippen LogP contribution in [0, 0.1) is 0 Å². The van der Waals surface area contributed by atoms with E-state index in [0.29, 0.717) is 23.0 Å². The van der Waals surface area contributed by atoms with E-state index in [9.17, 15) is 18.0 Å². The average Bonchev–Trinajstić information content (AvgIpc) is 3.41. The van der Waals surface area contributed by atoms with Gasteiger partial charge in [-0.2, -0.15) is 13.2 Å². The molecule has 1 unspecified atom stereocenters. The molecule has 0 N–H and O–H groups in total.